The van der Waals surface area contributed by atoms with Crippen LogP contribution in [0.15, 0.2) is 30.3 Å². The molecular formula is C14H15F3N4O2. The Balaban J connectivity index is 2.33. The lowest BCUT2D eigenvalue weighted by Crippen LogP contribution is -2.22. The number of aliphatic hydroxyl groups is 1. The van der Waals surface area contributed by atoms with Crippen molar-refractivity contribution in [3.8, 4) is 5.75 Å². The minimum atomic E-state index is -4.63. The molecule has 0 bridgehead atoms. The van der Waals surface area contributed by atoms with Crippen LogP contribution >= 0.6 is 0 Å². The summed E-state index contributed by atoms with van der Waals surface area (Å²) < 4.78 is 38.8. The summed E-state index contributed by atoms with van der Waals surface area (Å²) in [5.74, 6) is -0.276. The van der Waals surface area contributed by atoms with Crippen molar-refractivity contribution in [2.75, 3.05) is 17.2 Å². The van der Waals surface area contributed by atoms with Gasteiger partial charge in [0.15, 0.2) is 5.69 Å². The summed E-state index contributed by atoms with van der Waals surface area (Å²) in [6.45, 7) is 1.30. The number of hydrogen-bond acceptors (Lipinski definition) is 6. The zero-order valence-corrected chi connectivity index (χ0v) is 12.1. The van der Waals surface area contributed by atoms with Gasteiger partial charge in [0.2, 0.25) is 5.95 Å². The van der Waals surface area contributed by atoms with Crippen molar-refractivity contribution in [2.45, 2.75) is 19.1 Å². The summed E-state index contributed by atoms with van der Waals surface area (Å²) in [6, 6.07) is 6.05. The molecule has 0 unspecified atom stereocenters. The van der Waals surface area contributed by atoms with E-state index in [2.05, 4.69) is 20.6 Å². The second-order valence-corrected chi connectivity index (χ2v) is 4.86. The Bertz CT molecular complexity index is 662. The molecule has 23 heavy (non-hydrogen) atoms. The van der Waals surface area contributed by atoms with E-state index >= 15 is 0 Å². The fraction of sp³-hybridized carbons (Fsp3) is 0.286. The Kier molecular flexibility index (Phi) is 4.89. The number of alkyl halides is 3. The maximum absolute atomic E-state index is 12.9. The van der Waals surface area contributed by atoms with Crippen LogP contribution < -0.4 is 10.6 Å². The lowest BCUT2D eigenvalue weighted by atomic mass is 10.3. The van der Waals surface area contributed by atoms with Gasteiger partial charge in [0, 0.05) is 17.8 Å². The maximum Gasteiger partial charge on any atom is 0.433 e. The van der Waals surface area contributed by atoms with E-state index in [1.165, 1.54) is 24.3 Å². The summed E-state index contributed by atoms with van der Waals surface area (Å²) in [5.41, 5.74) is -0.655. The van der Waals surface area contributed by atoms with Crippen LogP contribution in [0.4, 0.5) is 30.6 Å². The molecule has 9 heteroatoms. The minimum Gasteiger partial charge on any atom is -0.508 e. The lowest BCUT2D eigenvalue weighted by molar-refractivity contribution is -0.141. The van der Waals surface area contributed by atoms with E-state index < -0.39 is 17.9 Å². The fourth-order valence-electron chi connectivity index (χ4n) is 1.68. The first-order chi connectivity index (χ1) is 10.8. The molecule has 1 aromatic heterocycles. The van der Waals surface area contributed by atoms with Gasteiger partial charge >= 0.3 is 6.18 Å². The van der Waals surface area contributed by atoms with Crippen molar-refractivity contribution in [2.24, 2.45) is 0 Å². The molecule has 4 N–H and O–H groups in total. The second kappa shape index (κ2) is 6.69. The van der Waals surface area contributed by atoms with E-state index in [4.69, 9.17) is 5.11 Å². The highest BCUT2D eigenvalue weighted by Gasteiger charge is 2.33. The molecule has 1 aromatic carbocycles. The number of phenolic OH excluding ortho intramolecular Hbond substituents is 1. The number of aliphatic hydroxyl groups excluding tert-OH is 1. The maximum atomic E-state index is 12.9. The van der Waals surface area contributed by atoms with Crippen molar-refractivity contribution >= 4 is 17.5 Å². The Morgan fingerprint density at radius 2 is 1.83 bits per heavy atom. The SMILES string of the molecule is C[C@@H](CO)Nc1nc(Nc2ccc(O)cc2)cc(C(F)(F)F)n1. The highest BCUT2D eigenvalue weighted by Crippen LogP contribution is 2.30. The van der Waals surface area contributed by atoms with E-state index in [0.717, 1.165) is 6.07 Å². The normalized spacial score (nSPS) is 12.7. The number of rotatable bonds is 5. The molecule has 1 atom stereocenters. The molecule has 0 amide bonds. The van der Waals surface area contributed by atoms with Gasteiger partial charge in [-0.25, -0.2) is 4.98 Å². The molecule has 0 aliphatic rings. The molecular weight excluding hydrogens is 313 g/mol. The van der Waals surface area contributed by atoms with Crippen LogP contribution in [0.2, 0.25) is 0 Å². The van der Waals surface area contributed by atoms with Crippen LogP contribution in [0.5, 0.6) is 5.75 Å². The van der Waals surface area contributed by atoms with Crippen molar-refractivity contribution in [3.05, 3.63) is 36.0 Å². The molecule has 1 heterocycles. The highest BCUT2D eigenvalue weighted by molar-refractivity contribution is 5.58. The molecule has 6 nitrogen and oxygen atoms in total. The van der Waals surface area contributed by atoms with Crippen LogP contribution in [0.3, 0.4) is 0 Å². The van der Waals surface area contributed by atoms with E-state index in [-0.39, 0.29) is 24.1 Å². The zero-order valence-electron chi connectivity index (χ0n) is 12.1. The third-order valence-electron chi connectivity index (χ3n) is 2.81. The quantitative estimate of drug-likeness (QED) is 0.631. The molecule has 0 saturated carbocycles. The van der Waals surface area contributed by atoms with E-state index in [0.29, 0.717) is 5.69 Å². The molecule has 2 aromatic rings. The molecule has 0 aliphatic carbocycles. The Labute approximate surface area is 130 Å². The monoisotopic (exact) mass is 328 g/mol. The molecule has 0 aliphatic heterocycles. The molecule has 2 rings (SSSR count). The van der Waals surface area contributed by atoms with E-state index in [1.807, 2.05) is 0 Å². The molecule has 0 radical (unpaired) electrons. The minimum absolute atomic E-state index is 0.0355. The van der Waals surface area contributed by atoms with Gasteiger partial charge in [-0.05, 0) is 31.2 Å². The third-order valence-corrected chi connectivity index (χ3v) is 2.81. The number of aromatic nitrogens is 2. The Hall–Kier alpha value is -2.55. The van der Waals surface area contributed by atoms with Gasteiger partial charge in [0.05, 0.1) is 6.61 Å². The molecule has 0 spiro atoms. The summed E-state index contributed by atoms with van der Waals surface area (Å²) in [5, 5.41) is 23.5. The van der Waals surface area contributed by atoms with E-state index in [1.54, 1.807) is 6.92 Å². The molecule has 0 fully saturated rings. The van der Waals surface area contributed by atoms with Gasteiger partial charge in [0.1, 0.15) is 11.6 Å². The van der Waals surface area contributed by atoms with Crippen LogP contribution in [0.1, 0.15) is 12.6 Å². The second-order valence-electron chi connectivity index (χ2n) is 4.86. The highest BCUT2D eigenvalue weighted by atomic mass is 19.4. The Morgan fingerprint density at radius 1 is 1.17 bits per heavy atom. The number of benzene rings is 1. The summed E-state index contributed by atoms with van der Waals surface area (Å²) in [6.07, 6.45) is -4.63. The largest absolute Gasteiger partial charge is 0.508 e. The van der Waals surface area contributed by atoms with Crippen LogP contribution in [-0.4, -0.2) is 32.8 Å². The average Bonchev–Trinajstić information content (AvgIpc) is 2.48. The van der Waals surface area contributed by atoms with Crippen LogP contribution in [0, 0.1) is 0 Å². The summed E-state index contributed by atoms with van der Waals surface area (Å²) in [7, 11) is 0. The lowest BCUT2D eigenvalue weighted by Gasteiger charge is -2.15. The standard InChI is InChI=1S/C14H15F3N4O2/c1-8(7-22)18-13-20-11(14(15,16)17)6-12(21-13)19-9-2-4-10(23)5-3-9/h2-6,8,22-23H,7H2,1H3,(H2,18,19,20,21)/t8-/m0/s1. The van der Waals surface area contributed by atoms with Crippen molar-refractivity contribution in [1.29, 1.82) is 0 Å². The number of nitrogens with one attached hydrogen (secondary N) is 2. The van der Waals surface area contributed by atoms with Gasteiger partial charge in [-0.1, -0.05) is 0 Å². The van der Waals surface area contributed by atoms with Crippen LogP contribution in [0.25, 0.3) is 0 Å². The van der Waals surface area contributed by atoms with Gasteiger partial charge in [-0.15, -0.1) is 0 Å². The van der Waals surface area contributed by atoms with Gasteiger partial charge in [-0.2, -0.15) is 18.2 Å². The number of phenols is 1. The summed E-state index contributed by atoms with van der Waals surface area (Å²) >= 11 is 0. The number of halogens is 3. The number of anilines is 3. The zero-order chi connectivity index (χ0) is 17.0. The molecule has 124 valence electrons. The Morgan fingerprint density at radius 3 is 2.39 bits per heavy atom. The number of hydrogen-bond donors (Lipinski definition) is 4. The predicted octanol–water partition coefficient (Wildman–Crippen LogP) is 2.74. The smallest absolute Gasteiger partial charge is 0.433 e. The number of nitrogens with zero attached hydrogens (tertiary/aromatic N) is 2. The van der Waals surface area contributed by atoms with Crippen molar-refractivity contribution < 1.29 is 23.4 Å². The van der Waals surface area contributed by atoms with E-state index in [9.17, 15) is 18.3 Å². The average molecular weight is 328 g/mol. The first-order valence-corrected chi connectivity index (χ1v) is 6.67. The third kappa shape index (κ3) is 4.71. The first kappa shape index (κ1) is 16.8. The van der Waals surface area contributed by atoms with Gasteiger partial charge in [-0.3, -0.25) is 0 Å². The predicted molar refractivity (Wildman–Crippen MR) is 78.6 cm³/mol. The van der Waals surface area contributed by atoms with Gasteiger partial charge in [0.25, 0.3) is 0 Å². The fourth-order valence-corrected chi connectivity index (χ4v) is 1.68. The first-order valence-electron chi connectivity index (χ1n) is 6.67. The van der Waals surface area contributed by atoms with Crippen molar-refractivity contribution in [3.63, 3.8) is 0 Å². The topological polar surface area (TPSA) is 90.3 Å². The van der Waals surface area contributed by atoms with Gasteiger partial charge < -0.3 is 20.8 Å². The summed E-state index contributed by atoms with van der Waals surface area (Å²) in [4.78, 5) is 7.36. The van der Waals surface area contributed by atoms with Crippen LogP contribution in [-0.2, 0) is 6.18 Å². The molecule has 0 saturated heterocycles. The van der Waals surface area contributed by atoms with Crippen molar-refractivity contribution in [1.82, 2.24) is 9.97 Å². The number of aromatic hydroxyl groups is 1.